The number of carbonyl (C=O) groups excluding carboxylic acids is 1. The molecule has 114 valence electrons. The second-order valence-electron chi connectivity index (χ2n) is 5.65. The Morgan fingerprint density at radius 2 is 1.55 bits per heavy atom. The molecule has 0 bridgehead atoms. The fourth-order valence-electron chi connectivity index (χ4n) is 3.08. The number of benzene rings is 2. The zero-order valence-electron chi connectivity index (χ0n) is 12.9. The van der Waals surface area contributed by atoms with Gasteiger partial charge in [0.1, 0.15) is 5.92 Å². The topological polar surface area (TPSA) is 29.5 Å². The minimum atomic E-state index is -0.362. The first-order valence-electron chi connectivity index (χ1n) is 7.77. The molecule has 0 aliphatic carbocycles. The Morgan fingerprint density at radius 3 is 2.14 bits per heavy atom. The summed E-state index contributed by atoms with van der Waals surface area (Å²) in [4.78, 5) is 14.6. The lowest BCUT2D eigenvalue weighted by Gasteiger charge is -2.20. The van der Waals surface area contributed by atoms with Gasteiger partial charge in [-0.3, -0.25) is 4.79 Å². The summed E-state index contributed by atoms with van der Waals surface area (Å²) in [5, 5.41) is 0. The second kappa shape index (κ2) is 6.65. The Morgan fingerprint density at radius 1 is 0.955 bits per heavy atom. The first kappa shape index (κ1) is 14.6. The van der Waals surface area contributed by atoms with Crippen LogP contribution in [0.1, 0.15) is 29.9 Å². The minimum Gasteiger partial charge on any atom is -0.468 e. The molecule has 0 radical (unpaired) electrons. The molecule has 1 fully saturated rings. The lowest BCUT2D eigenvalue weighted by atomic mass is 9.91. The van der Waals surface area contributed by atoms with Gasteiger partial charge >= 0.3 is 5.97 Å². The number of methoxy groups -OCH3 is 1. The molecule has 0 N–H and O–H groups in total. The highest BCUT2D eigenvalue weighted by atomic mass is 16.5. The van der Waals surface area contributed by atoms with Crippen molar-refractivity contribution in [2.45, 2.75) is 18.8 Å². The van der Waals surface area contributed by atoms with Crippen LogP contribution >= 0.6 is 0 Å². The maximum Gasteiger partial charge on any atom is 0.317 e. The molecular formula is C19H21NO2. The summed E-state index contributed by atoms with van der Waals surface area (Å²) in [6, 6.07) is 18.1. The number of carbonyl (C=O) groups is 1. The molecule has 2 aromatic carbocycles. The smallest absolute Gasteiger partial charge is 0.317 e. The van der Waals surface area contributed by atoms with Crippen LogP contribution in [0.15, 0.2) is 54.6 Å². The van der Waals surface area contributed by atoms with Crippen LogP contribution in [0.4, 0.5) is 5.69 Å². The van der Waals surface area contributed by atoms with Gasteiger partial charge in [-0.25, -0.2) is 0 Å². The van der Waals surface area contributed by atoms with Gasteiger partial charge in [-0.2, -0.15) is 0 Å². The molecule has 1 heterocycles. The van der Waals surface area contributed by atoms with Gasteiger partial charge in [0, 0.05) is 18.8 Å². The Bertz CT molecular complexity index is 616. The summed E-state index contributed by atoms with van der Waals surface area (Å²) < 4.78 is 5.00. The maximum absolute atomic E-state index is 12.2. The van der Waals surface area contributed by atoms with Crippen LogP contribution in [0.25, 0.3) is 0 Å². The molecule has 0 aromatic heterocycles. The van der Waals surface area contributed by atoms with E-state index in [1.54, 1.807) is 0 Å². The van der Waals surface area contributed by atoms with Gasteiger partial charge in [-0.1, -0.05) is 42.5 Å². The number of hydrogen-bond acceptors (Lipinski definition) is 3. The van der Waals surface area contributed by atoms with Crippen molar-refractivity contribution in [3.63, 3.8) is 0 Å². The van der Waals surface area contributed by atoms with E-state index in [2.05, 4.69) is 17.0 Å². The van der Waals surface area contributed by atoms with E-state index in [4.69, 9.17) is 4.74 Å². The van der Waals surface area contributed by atoms with Crippen molar-refractivity contribution in [3.8, 4) is 0 Å². The minimum absolute atomic E-state index is 0.222. The molecule has 2 aromatic rings. The van der Waals surface area contributed by atoms with E-state index in [1.807, 2.05) is 42.5 Å². The Labute approximate surface area is 131 Å². The van der Waals surface area contributed by atoms with Crippen LogP contribution in [0.5, 0.6) is 0 Å². The van der Waals surface area contributed by atoms with Crippen molar-refractivity contribution in [2.24, 2.45) is 0 Å². The van der Waals surface area contributed by atoms with E-state index < -0.39 is 0 Å². The number of rotatable bonds is 4. The van der Waals surface area contributed by atoms with Crippen LogP contribution in [-0.4, -0.2) is 26.2 Å². The average Bonchev–Trinajstić information content (AvgIpc) is 3.11. The zero-order chi connectivity index (χ0) is 15.4. The summed E-state index contributed by atoms with van der Waals surface area (Å²) in [6.45, 7) is 2.25. The molecule has 0 spiro atoms. The SMILES string of the molecule is COC(=O)C(c1ccccc1)c1ccc(N2CCCC2)cc1. The van der Waals surface area contributed by atoms with Gasteiger partial charge < -0.3 is 9.64 Å². The van der Waals surface area contributed by atoms with Gasteiger partial charge in [0.25, 0.3) is 0 Å². The molecular weight excluding hydrogens is 274 g/mol. The number of ether oxygens (including phenoxy) is 1. The third kappa shape index (κ3) is 2.98. The number of esters is 1. The monoisotopic (exact) mass is 295 g/mol. The highest BCUT2D eigenvalue weighted by molar-refractivity contribution is 5.82. The normalized spacial score (nSPS) is 15.6. The summed E-state index contributed by atoms with van der Waals surface area (Å²) in [6.07, 6.45) is 2.52. The van der Waals surface area contributed by atoms with Crippen molar-refractivity contribution in [1.82, 2.24) is 0 Å². The fraction of sp³-hybridized carbons (Fsp3) is 0.316. The molecule has 1 saturated heterocycles. The third-order valence-corrected chi connectivity index (χ3v) is 4.27. The molecule has 0 saturated carbocycles. The van der Waals surface area contributed by atoms with Crippen LogP contribution in [0.2, 0.25) is 0 Å². The van der Waals surface area contributed by atoms with Crippen LogP contribution < -0.4 is 4.90 Å². The van der Waals surface area contributed by atoms with Crippen molar-refractivity contribution in [3.05, 3.63) is 65.7 Å². The van der Waals surface area contributed by atoms with Crippen molar-refractivity contribution < 1.29 is 9.53 Å². The van der Waals surface area contributed by atoms with Crippen LogP contribution in [0, 0.1) is 0 Å². The lowest BCUT2D eigenvalue weighted by molar-refractivity contribution is -0.141. The van der Waals surface area contributed by atoms with E-state index >= 15 is 0 Å². The van der Waals surface area contributed by atoms with E-state index in [0.29, 0.717) is 0 Å². The summed E-state index contributed by atoms with van der Waals surface area (Å²) in [5.41, 5.74) is 3.17. The molecule has 1 unspecified atom stereocenters. The molecule has 0 amide bonds. The Hall–Kier alpha value is -2.29. The van der Waals surface area contributed by atoms with Gasteiger partial charge in [0.05, 0.1) is 7.11 Å². The van der Waals surface area contributed by atoms with Crippen LogP contribution in [-0.2, 0) is 9.53 Å². The first-order valence-corrected chi connectivity index (χ1v) is 7.77. The molecule has 22 heavy (non-hydrogen) atoms. The van der Waals surface area contributed by atoms with E-state index in [9.17, 15) is 4.79 Å². The van der Waals surface area contributed by atoms with Crippen LogP contribution in [0.3, 0.4) is 0 Å². The molecule has 1 atom stereocenters. The standard InChI is InChI=1S/C19H21NO2/c1-22-19(21)18(15-7-3-2-4-8-15)16-9-11-17(12-10-16)20-13-5-6-14-20/h2-4,7-12,18H,5-6,13-14H2,1H3. The zero-order valence-corrected chi connectivity index (χ0v) is 12.9. The highest BCUT2D eigenvalue weighted by Gasteiger charge is 2.23. The molecule has 3 nitrogen and oxygen atoms in total. The largest absolute Gasteiger partial charge is 0.468 e. The number of nitrogens with zero attached hydrogens (tertiary/aromatic N) is 1. The van der Waals surface area contributed by atoms with Gasteiger partial charge in [-0.05, 0) is 36.1 Å². The molecule has 3 heteroatoms. The predicted molar refractivity (Wildman–Crippen MR) is 88.2 cm³/mol. The van der Waals surface area contributed by atoms with E-state index in [-0.39, 0.29) is 11.9 Å². The highest BCUT2D eigenvalue weighted by Crippen LogP contribution is 2.28. The third-order valence-electron chi connectivity index (χ3n) is 4.27. The maximum atomic E-state index is 12.2. The van der Waals surface area contributed by atoms with Crippen molar-refractivity contribution in [1.29, 1.82) is 0 Å². The molecule has 1 aliphatic rings. The van der Waals surface area contributed by atoms with Gasteiger partial charge in [-0.15, -0.1) is 0 Å². The van der Waals surface area contributed by atoms with Crippen molar-refractivity contribution in [2.75, 3.05) is 25.1 Å². The van der Waals surface area contributed by atoms with Crippen molar-refractivity contribution >= 4 is 11.7 Å². The van der Waals surface area contributed by atoms with E-state index in [1.165, 1.54) is 25.6 Å². The Kier molecular flexibility index (Phi) is 4.42. The summed E-state index contributed by atoms with van der Waals surface area (Å²) >= 11 is 0. The van der Waals surface area contributed by atoms with Gasteiger partial charge in [0.15, 0.2) is 0 Å². The lowest BCUT2D eigenvalue weighted by Crippen LogP contribution is -2.18. The molecule has 1 aliphatic heterocycles. The molecule has 3 rings (SSSR count). The fourth-order valence-corrected chi connectivity index (χ4v) is 3.08. The average molecular weight is 295 g/mol. The summed E-state index contributed by atoms with van der Waals surface area (Å²) in [7, 11) is 1.44. The van der Waals surface area contributed by atoms with Gasteiger partial charge in [0.2, 0.25) is 0 Å². The predicted octanol–water partition coefficient (Wildman–Crippen LogP) is 3.59. The quantitative estimate of drug-likeness (QED) is 0.807. The Balaban J connectivity index is 1.89. The number of anilines is 1. The number of hydrogen-bond donors (Lipinski definition) is 0. The van der Waals surface area contributed by atoms with E-state index in [0.717, 1.165) is 24.2 Å². The first-order chi connectivity index (χ1) is 10.8. The second-order valence-corrected chi connectivity index (χ2v) is 5.65. The summed E-state index contributed by atoms with van der Waals surface area (Å²) in [5.74, 6) is -0.584.